The molecule has 0 amide bonds. The number of aromatic amines is 2. The monoisotopic (exact) mass is 793 g/mol. The molecule has 5 heterocycles. The maximum absolute atomic E-state index is 4.89. The number of nitrogens with zero attached hydrogens (tertiary/aromatic N) is 2. The number of ether oxygens (including phenoxy) is 4. The Morgan fingerprint density at radius 1 is 0.351 bits per heavy atom. The van der Waals surface area contributed by atoms with E-state index in [4.69, 9.17) is 18.9 Å². The Balaban J connectivity index is 0.000000180. The fourth-order valence-corrected chi connectivity index (χ4v) is 4.97. The van der Waals surface area contributed by atoms with Gasteiger partial charge < -0.3 is 28.9 Å². The average molecular weight is 794 g/mol. The van der Waals surface area contributed by atoms with Crippen molar-refractivity contribution in [2.45, 2.75) is 0 Å². The molecule has 8 bridgehead atoms. The van der Waals surface area contributed by atoms with E-state index in [1.807, 2.05) is 140 Å². The number of fused-ring (bicyclic) bond motifs is 8. The summed E-state index contributed by atoms with van der Waals surface area (Å²) in [4.78, 5) is 16.0. The summed E-state index contributed by atoms with van der Waals surface area (Å²) in [6.07, 6.45) is 8.05. The van der Waals surface area contributed by atoms with E-state index in [1.54, 1.807) is 28.4 Å². The van der Waals surface area contributed by atoms with Gasteiger partial charge in [0.15, 0.2) is 0 Å². The SMILES string of the molecule is C1=Cc2cc3ccc(cc4ccc(cc5nc(cc1n2)C=C5)[nH]4)[nH]3.COc1cc[c-]cc1.COc1cc[c-]cc1.COc1cc[c-]cc1.COc1cc[c-]cc1.[Mn]. The summed E-state index contributed by atoms with van der Waals surface area (Å²) < 4.78 is 19.6. The molecule has 2 aliphatic heterocycles. The Kier molecular flexibility index (Phi) is 18.0. The van der Waals surface area contributed by atoms with Crippen LogP contribution in [0.1, 0.15) is 22.8 Å². The van der Waals surface area contributed by atoms with E-state index in [2.05, 4.69) is 74.5 Å². The first kappa shape index (κ1) is 42.9. The van der Waals surface area contributed by atoms with Gasteiger partial charge in [0, 0.05) is 62.1 Å². The second-order valence-electron chi connectivity index (χ2n) is 11.7. The number of hydrogen-bond acceptors (Lipinski definition) is 6. The minimum atomic E-state index is 0. The number of aromatic nitrogens is 4. The van der Waals surface area contributed by atoms with Crippen LogP contribution in [0.3, 0.4) is 0 Å². The van der Waals surface area contributed by atoms with Crippen molar-refractivity contribution in [3.63, 3.8) is 0 Å². The van der Waals surface area contributed by atoms with Crippen molar-refractivity contribution < 1.29 is 36.0 Å². The van der Waals surface area contributed by atoms with E-state index in [1.165, 1.54) is 0 Å². The van der Waals surface area contributed by atoms with Gasteiger partial charge in [-0.1, -0.05) is 0 Å². The molecule has 4 aromatic carbocycles. The van der Waals surface area contributed by atoms with Crippen LogP contribution in [-0.2, 0) is 17.1 Å². The van der Waals surface area contributed by atoms with Gasteiger partial charge in [-0.25, -0.2) is 9.97 Å². The molecule has 0 unspecified atom stereocenters. The first-order chi connectivity index (χ1) is 27.5. The van der Waals surface area contributed by atoms with Crippen molar-refractivity contribution in [2.75, 3.05) is 28.4 Å². The molecule has 0 atom stereocenters. The molecular weight excluding hydrogens is 751 g/mol. The minimum Gasteiger partial charge on any atom is -0.522 e. The number of hydrogen-bond donors (Lipinski definition) is 2. The van der Waals surface area contributed by atoms with Crippen LogP contribution in [-0.4, -0.2) is 48.4 Å². The molecule has 289 valence electrons. The van der Waals surface area contributed by atoms with Gasteiger partial charge in [0.25, 0.3) is 0 Å². The number of rotatable bonds is 4. The molecule has 0 saturated heterocycles. The van der Waals surface area contributed by atoms with E-state index < -0.39 is 0 Å². The summed E-state index contributed by atoms with van der Waals surface area (Å²) in [7, 11) is 6.59. The standard InChI is InChI=1S/C20H14N4.4C7H7O.Mn/c1-2-14-10-16-5-6-18(23-16)12-20-8-7-19(24-20)11-17-4-3-15(22-17)9-13(1)21-14;4*1-8-7-5-3-2-4-6-7;/h1-12,21-22H;4*3-6H,1H3;/q;4*-1;. The van der Waals surface area contributed by atoms with E-state index in [0.29, 0.717) is 0 Å². The quantitative estimate of drug-likeness (QED) is 0.136. The molecule has 2 N–H and O–H groups in total. The van der Waals surface area contributed by atoms with Gasteiger partial charge in [-0.15, -0.1) is 48.5 Å². The van der Waals surface area contributed by atoms with Gasteiger partial charge >= 0.3 is 0 Å². The zero-order valence-electron chi connectivity index (χ0n) is 32.1. The summed E-state index contributed by atoms with van der Waals surface area (Å²) in [5.41, 5.74) is 7.86. The summed E-state index contributed by atoms with van der Waals surface area (Å²) >= 11 is 0. The molecule has 9 rings (SSSR count). The molecule has 0 saturated carbocycles. The Morgan fingerprint density at radius 3 is 0.842 bits per heavy atom. The second-order valence-corrected chi connectivity index (χ2v) is 11.7. The van der Waals surface area contributed by atoms with E-state index in [9.17, 15) is 0 Å². The molecule has 8 nitrogen and oxygen atoms in total. The number of nitrogens with one attached hydrogen (secondary N) is 2. The predicted octanol–water partition coefficient (Wildman–Crippen LogP) is 10.6. The largest absolute Gasteiger partial charge is 0.522 e. The maximum atomic E-state index is 4.89. The van der Waals surface area contributed by atoms with E-state index >= 15 is 0 Å². The van der Waals surface area contributed by atoms with E-state index in [0.717, 1.165) is 67.8 Å². The topological polar surface area (TPSA) is 94.3 Å². The van der Waals surface area contributed by atoms with Crippen LogP contribution in [0.15, 0.2) is 146 Å². The van der Waals surface area contributed by atoms with Gasteiger partial charge in [-0.05, 0) is 72.8 Å². The van der Waals surface area contributed by atoms with Crippen LogP contribution >= 0.6 is 0 Å². The van der Waals surface area contributed by atoms with Gasteiger partial charge in [0.2, 0.25) is 0 Å². The molecule has 3 aromatic heterocycles. The maximum Gasteiger partial charge on any atom is 0.0743 e. The third-order valence-electron chi connectivity index (χ3n) is 7.74. The Hall–Kier alpha value is -6.80. The van der Waals surface area contributed by atoms with Gasteiger partial charge in [0.05, 0.1) is 51.2 Å². The smallest absolute Gasteiger partial charge is 0.0743 e. The fourth-order valence-electron chi connectivity index (χ4n) is 4.97. The zero-order valence-corrected chi connectivity index (χ0v) is 33.3. The molecular formula is C48H42MnN4O4-4. The van der Waals surface area contributed by atoms with Crippen LogP contribution in [0.5, 0.6) is 23.0 Å². The van der Waals surface area contributed by atoms with Crippen molar-refractivity contribution in [3.05, 3.63) is 193 Å². The summed E-state index contributed by atoms with van der Waals surface area (Å²) in [6, 6.07) is 57.4. The molecule has 9 heteroatoms. The Morgan fingerprint density at radius 2 is 0.596 bits per heavy atom. The molecule has 7 aromatic rings. The summed E-state index contributed by atoms with van der Waals surface area (Å²) in [6.45, 7) is 0. The number of methoxy groups -OCH3 is 4. The minimum absolute atomic E-state index is 0. The van der Waals surface area contributed by atoms with Crippen LogP contribution in [0, 0.1) is 24.3 Å². The summed E-state index contributed by atoms with van der Waals surface area (Å²) in [5, 5.41) is 0. The normalized spacial score (nSPS) is 10.2. The van der Waals surface area contributed by atoms with Crippen molar-refractivity contribution in [1.29, 1.82) is 0 Å². The fraction of sp³-hybridized carbons (Fsp3) is 0.0833. The first-order valence-electron chi connectivity index (χ1n) is 17.6. The first-order valence-corrected chi connectivity index (χ1v) is 17.6. The van der Waals surface area contributed by atoms with Gasteiger partial charge in [0.1, 0.15) is 0 Å². The predicted molar refractivity (Wildman–Crippen MR) is 226 cm³/mol. The van der Waals surface area contributed by atoms with Crippen LogP contribution in [0.2, 0.25) is 0 Å². The molecule has 0 aliphatic carbocycles. The molecule has 1 radical (unpaired) electrons. The third-order valence-corrected chi connectivity index (χ3v) is 7.74. The second kappa shape index (κ2) is 23.9. The molecule has 2 aliphatic rings. The number of H-pyrrole nitrogens is 2. The van der Waals surface area contributed by atoms with Crippen molar-refractivity contribution in [3.8, 4) is 23.0 Å². The van der Waals surface area contributed by atoms with E-state index in [-0.39, 0.29) is 17.1 Å². The van der Waals surface area contributed by atoms with Crippen molar-refractivity contribution >= 4 is 46.4 Å². The zero-order chi connectivity index (χ0) is 39.2. The van der Waals surface area contributed by atoms with Crippen LogP contribution in [0.25, 0.3) is 46.4 Å². The number of benzene rings is 4. The third kappa shape index (κ3) is 15.1. The molecule has 57 heavy (non-hydrogen) atoms. The van der Waals surface area contributed by atoms with Crippen LogP contribution in [0.4, 0.5) is 0 Å². The Bertz CT molecular complexity index is 2170. The average Bonchev–Trinajstić information content (AvgIpc) is 4.10. The van der Waals surface area contributed by atoms with Crippen molar-refractivity contribution in [1.82, 2.24) is 19.9 Å². The van der Waals surface area contributed by atoms with Gasteiger partial charge in [-0.2, -0.15) is 72.8 Å². The van der Waals surface area contributed by atoms with Crippen molar-refractivity contribution in [2.24, 2.45) is 0 Å². The van der Waals surface area contributed by atoms with Crippen LogP contribution < -0.4 is 18.9 Å². The molecule has 0 spiro atoms. The Labute approximate surface area is 345 Å². The van der Waals surface area contributed by atoms with Gasteiger partial charge in [-0.3, -0.25) is 0 Å². The molecule has 0 fully saturated rings. The summed E-state index contributed by atoms with van der Waals surface area (Å²) in [5.74, 6) is 3.51.